The van der Waals surface area contributed by atoms with Gasteiger partial charge in [0.15, 0.2) is 0 Å². The summed E-state index contributed by atoms with van der Waals surface area (Å²) in [5.74, 6) is 0. The van der Waals surface area contributed by atoms with Gasteiger partial charge in [0, 0.05) is 24.2 Å². The molecule has 0 atom stereocenters. The van der Waals surface area contributed by atoms with Crippen LogP contribution in [0, 0.1) is 15.5 Å². The molecule has 0 N–H and O–H groups in total. The second-order valence-electron chi connectivity index (χ2n) is 6.01. The van der Waals surface area contributed by atoms with Gasteiger partial charge in [-0.25, -0.2) is 0 Å². The Morgan fingerprint density at radius 1 is 1.32 bits per heavy atom. The van der Waals surface area contributed by atoms with Crippen LogP contribution in [-0.2, 0) is 9.31 Å². The second kappa shape index (κ2) is 4.61. The molecule has 0 spiro atoms. The van der Waals surface area contributed by atoms with E-state index in [-0.39, 0.29) is 16.7 Å². The average molecular weight is 263 g/mol. The highest BCUT2D eigenvalue weighted by atomic mass is 16.6. The molecule has 19 heavy (non-hydrogen) atoms. The molecule has 6 heteroatoms. The summed E-state index contributed by atoms with van der Waals surface area (Å²) in [5, 5.41) is 10.8. The first-order valence-electron chi connectivity index (χ1n) is 6.27. The van der Waals surface area contributed by atoms with Crippen LogP contribution in [0.5, 0.6) is 0 Å². The lowest BCUT2D eigenvalue weighted by atomic mass is 9.69. The van der Waals surface area contributed by atoms with Crippen molar-refractivity contribution in [3.8, 4) is 0 Å². The van der Waals surface area contributed by atoms with Gasteiger partial charge in [-0.3, -0.25) is 10.1 Å². The van der Waals surface area contributed by atoms with Gasteiger partial charge in [0.2, 0.25) is 0 Å². The zero-order valence-electron chi connectivity index (χ0n) is 11.7. The number of nitrogens with zero attached hydrogens (tertiary/aromatic N) is 1. The van der Waals surface area contributed by atoms with Gasteiger partial charge in [-0.1, -0.05) is 26.0 Å². The van der Waals surface area contributed by atoms with Gasteiger partial charge in [-0.05, 0) is 19.3 Å². The van der Waals surface area contributed by atoms with Crippen LogP contribution in [-0.4, -0.2) is 24.2 Å². The molecule has 102 valence electrons. The molecule has 0 saturated carbocycles. The van der Waals surface area contributed by atoms with E-state index in [1.165, 1.54) is 12.1 Å². The fourth-order valence-electron chi connectivity index (χ4n) is 1.87. The minimum absolute atomic E-state index is 0.0485. The Labute approximate surface area is 113 Å². The van der Waals surface area contributed by atoms with Gasteiger partial charge in [-0.15, -0.1) is 0 Å². The number of non-ortho nitro benzene ring substituents is 1. The molecule has 1 saturated heterocycles. The van der Waals surface area contributed by atoms with Crippen LogP contribution < -0.4 is 5.46 Å². The van der Waals surface area contributed by atoms with Crippen LogP contribution in [0.1, 0.15) is 27.7 Å². The van der Waals surface area contributed by atoms with Gasteiger partial charge >= 0.3 is 7.12 Å². The highest BCUT2D eigenvalue weighted by Crippen LogP contribution is 2.38. The molecule has 5 nitrogen and oxygen atoms in total. The summed E-state index contributed by atoms with van der Waals surface area (Å²) in [4.78, 5) is 10.4. The summed E-state index contributed by atoms with van der Waals surface area (Å²) in [7, 11) is -0.553. The first-order valence-corrected chi connectivity index (χ1v) is 6.27. The average Bonchev–Trinajstić information content (AvgIpc) is 2.33. The molecule has 0 aliphatic carbocycles. The zero-order valence-corrected chi connectivity index (χ0v) is 11.7. The van der Waals surface area contributed by atoms with Gasteiger partial charge < -0.3 is 9.31 Å². The molecule has 1 aliphatic heterocycles. The van der Waals surface area contributed by atoms with E-state index < -0.39 is 12.0 Å². The van der Waals surface area contributed by atoms with Crippen molar-refractivity contribution in [2.75, 3.05) is 6.61 Å². The predicted octanol–water partition coefficient (Wildman–Crippen LogP) is 2.14. The summed E-state index contributed by atoms with van der Waals surface area (Å²) in [6.45, 7) is 8.74. The fourth-order valence-corrected chi connectivity index (χ4v) is 1.87. The minimum atomic E-state index is -0.553. The Morgan fingerprint density at radius 2 is 2.00 bits per heavy atom. The first-order chi connectivity index (χ1) is 8.73. The van der Waals surface area contributed by atoms with Gasteiger partial charge in [0.05, 0.1) is 10.5 Å². The van der Waals surface area contributed by atoms with Crippen molar-refractivity contribution < 1.29 is 14.2 Å². The summed E-state index contributed by atoms with van der Waals surface area (Å²) in [6, 6.07) is 6.39. The van der Waals surface area contributed by atoms with Crippen molar-refractivity contribution in [1.82, 2.24) is 0 Å². The lowest BCUT2D eigenvalue weighted by Crippen LogP contribution is -2.58. The molecule has 2 rings (SSSR count). The smallest absolute Gasteiger partial charge is 0.407 e. The van der Waals surface area contributed by atoms with E-state index in [0.29, 0.717) is 12.1 Å². The predicted molar refractivity (Wildman–Crippen MR) is 73.4 cm³/mol. The summed E-state index contributed by atoms with van der Waals surface area (Å²) >= 11 is 0. The largest absolute Gasteiger partial charge is 0.494 e. The molecular formula is C13H18BNO4. The number of rotatable bonds is 2. The van der Waals surface area contributed by atoms with Gasteiger partial charge in [0.25, 0.3) is 5.69 Å². The van der Waals surface area contributed by atoms with Crippen molar-refractivity contribution in [3.05, 3.63) is 34.4 Å². The van der Waals surface area contributed by atoms with E-state index in [2.05, 4.69) is 13.8 Å². The maximum atomic E-state index is 10.8. The SMILES string of the molecule is CC1(C)COB(c2cccc([N+](=O)[O-])c2)OC1(C)C. The van der Waals surface area contributed by atoms with E-state index in [1.54, 1.807) is 12.1 Å². The van der Waals surface area contributed by atoms with Crippen molar-refractivity contribution in [3.63, 3.8) is 0 Å². The van der Waals surface area contributed by atoms with Crippen LogP contribution >= 0.6 is 0 Å². The molecule has 0 bridgehead atoms. The summed E-state index contributed by atoms with van der Waals surface area (Å²) in [6.07, 6.45) is 0. The molecule has 0 amide bonds. The zero-order chi connectivity index (χ0) is 14.3. The van der Waals surface area contributed by atoms with Gasteiger partial charge in [-0.2, -0.15) is 0 Å². The minimum Gasteiger partial charge on any atom is -0.407 e. The number of hydrogen-bond acceptors (Lipinski definition) is 4. The Balaban J connectivity index is 2.25. The molecule has 0 aromatic heterocycles. The Morgan fingerprint density at radius 3 is 2.58 bits per heavy atom. The monoisotopic (exact) mass is 263 g/mol. The second-order valence-corrected chi connectivity index (χ2v) is 6.01. The third kappa shape index (κ3) is 2.64. The van der Waals surface area contributed by atoms with Crippen LogP contribution in [0.4, 0.5) is 5.69 Å². The van der Waals surface area contributed by atoms with Crippen LogP contribution in [0.3, 0.4) is 0 Å². The molecule has 0 unspecified atom stereocenters. The van der Waals surface area contributed by atoms with E-state index in [1.807, 2.05) is 13.8 Å². The van der Waals surface area contributed by atoms with E-state index >= 15 is 0 Å². The lowest BCUT2D eigenvalue weighted by molar-refractivity contribution is -0.384. The fraction of sp³-hybridized carbons (Fsp3) is 0.538. The quantitative estimate of drug-likeness (QED) is 0.466. The van der Waals surface area contributed by atoms with Crippen LogP contribution in [0.25, 0.3) is 0 Å². The number of nitro benzene ring substituents is 1. The molecule has 1 aromatic carbocycles. The molecular weight excluding hydrogens is 245 g/mol. The highest BCUT2D eigenvalue weighted by molar-refractivity contribution is 6.61. The Hall–Kier alpha value is -1.40. The maximum Gasteiger partial charge on any atom is 0.494 e. The molecule has 1 aromatic rings. The van der Waals surface area contributed by atoms with E-state index in [4.69, 9.17) is 9.31 Å². The van der Waals surface area contributed by atoms with Crippen molar-refractivity contribution in [1.29, 1.82) is 0 Å². The van der Waals surface area contributed by atoms with E-state index in [0.717, 1.165) is 0 Å². The summed E-state index contributed by atoms with van der Waals surface area (Å²) < 4.78 is 11.7. The topological polar surface area (TPSA) is 61.6 Å². The maximum absolute atomic E-state index is 10.8. The van der Waals surface area contributed by atoms with Gasteiger partial charge in [0.1, 0.15) is 0 Å². The van der Waals surface area contributed by atoms with E-state index in [9.17, 15) is 10.1 Å². The molecule has 1 fully saturated rings. The number of nitro groups is 1. The normalized spacial score (nSPS) is 21.2. The van der Waals surface area contributed by atoms with Crippen LogP contribution in [0.15, 0.2) is 24.3 Å². The van der Waals surface area contributed by atoms with Crippen molar-refractivity contribution in [2.45, 2.75) is 33.3 Å². The van der Waals surface area contributed by atoms with Crippen molar-refractivity contribution >= 4 is 18.3 Å². The van der Waals surface area contributed by atoms with Crippen LogP contribution in [0.2, 0.25) is 0 Å². The number of hydrogen-bond donors (Lipinski definition) is 0. The third-order valence-electron chi connectivity index (χ3n) is 3.98. The summed E-state index contributed by atoms with van der Waals surface area (Å²) in [5.41, 5.74) is 0.259. The molecule has 0 radical (unpaired) electrons. The molecule has 1 aliphatic rings. The third-order valence-corrected chi connectivity index (χ3v) is 3.98. The standard InChI is InChI=1S/C13H18BNO4/c1-12(2)9-18-14(19-13(12,3)4)10-6-5-7-11(8-10)15(16)17/h5-8H,9H2,1-4H3. The number of benzene rings is 1. The first kappa shape index (κ1) is 14.0. The lowest BCUT2D eigenvalue weighted by Gasteiger charge is -2.47. The Bertz CT molecular complexity index is 501. The highest BCUT2D eigenvalue weighted by Gasteiger charge is 2.47. The Kier molecular flexibility index (Phi) is 3.41. The van der Waals surface area contributed by atoms with Crippen molar-refractivity contribution in [2.24, 2.45) is 5.41 Å². The molecule has 1 heterocycles.